The summed E-state index contributed by atoms with van der Waals surface area (Å²) in [5.74, 6) is 0.352. The van der Waals surface area contributed by atoms with Crippen LogP contribution < -0.4 is 0 Å². The van der Waals surface area contributed by atoms with Crippen LogP contribution in [-0.4, -0.2) is 51.3 Å². The highest BCUT2D eigenvalue weighted by molar-refractivity contribution is 6.30. The Kier molecular flexibility index (Phi) is 7.34. The van der Waals surface area contributed by atoms with Crippen molar-refractivity contribution in [3.8, 4) is 0 Å². The molecule has 0 radical (unpaired) electrons. The second kappa shape index (κ2) is 10.5. The van der Waals surface area contributed by atoms with Gasteiger partial charge in [0.1, 0.15) is 11.7 Å². The van der Waals surface area contributed by atoms with Crippen LogP contribution in [0.5, 0.6) is 0 Å². The predicted octanol–water partition coefficient (Wildman–Crippen LogP) is 6.49. The molecule has 200 valence electrons. The number of hydrogen-bond acceptors (Lipinski definition) is 5. The van der Waals surface area contributed by atoms with Gasteiger partial charge in [-0.1, -0.05) is 23.7 Å². The van der Waals surface area contributed by atoms with Crippen molar-refractivity contribution in [1.29, 1.82) is 0 Å². The molecule has 3 aromatic rings. The number of halogens is 1. The van der Waals surface area contributed by atoms with Crippen LogP contribution in [0.2, 0.25) is 5.02 Å². The molecule has 1 saturated heterocycles. The van der Waals surface area contributed by atoms with E-state index in [0.717, 1.165) is 40.9 Å². The molecular weight excluding hydrogens is 500 g/mol. The molecule has 0 saturated carbocycles. The number of rotatable bonds is 4. The Labute approximate surface area is 229 Å². The van der Waals surface area contributed by atoms with Crippen LogP contribution in [0.3, 0.4) is 0 Å². The summed E-state index contributed by atoms with van der Waals surface area (Å²) in [6.07, 6.45) is 8.82. The Morgan fingerprint density at radius 2 is 1.95 bits per heavy atom. The molecular formula is C30H35ClN4O3. The summed E-state index contributed by atoms with van der Waals surface area (Å²) >= 11 is 6.59. The molecule has 1 fully saturated rings. The molecule has 3 heterocycles. The van der Waals surface area contributed by atoms with Crippen LogP contribution in [0.15, 0.2) is 49.1 Å². The number of fused-ring (bicyclic) bond motifs is 2. The molecule has 2 aromatic heterocycles. The van der Waals surface area contributed by atoms with Crippen LogP contribution in [-0.2, 0) is 16.5 Å². The number of imidazole rings is 1. The molecule has 8 heteroatoms. The van der Waals surface area contributed by atoms with E-state index in [1.54, 1.807) is 13.4 Å². The van der Waals surface area contributed by atoms with Crippen molar-refractivity contribution in [2.75, 3.05) is 20.2 Å². The van der Waals surface area contributed by atoms with Crippen molar-refractivity contribution in [3.05, 3.63) is 82.2 Å². The summed E-state index contributed by atoms with van der Waals surface area (Å²) in [6.45, 7) is 7.00. The average molecular weight is 535 g/mol. The van der Waals surface area contributed by atoms with Crippen molar-refractivity contribution < 1.29 is 14.3 Å². The van der Waals surface area contributed by atoms with Gasteiger partial charge in [-0.2, -0.15) is 0 Å². The summed E-state index contributed by atoms with van der Waals surface area (Å²) in [5, 5.41) is 0.673. The summed E-state index contributed by atoms with van der Waals surface area (Å²) in [4.78, 5) is 23.8. The van der Waals surface area contributed by atoms with E-state index in [1.165, 1.54) is 5.56 Å². The molecule has 7 nitrogen and oxygen atoms in total. The third kappa shape index (κ3) is 5.22. The Balaban J connectivity index is 1.55. The second-order valence-electron chi connectivity index (χ2n) is 11.1. The zero-order valence-corrected chi connectivity index (χ0v) is 23.4. The zero-order valence-electron chi connectivity index (χ0n) is 22.6. The van der Waals surface area contributed by atoms with E-state index >= 15 is 0 Å². The van der Waals surface area contributed by atoms with Gasteiger partial charge in [0.05, 0.1) is 23.9 Å². The number of carbonyl (C=O) groups excluding carboxylic acids is 1. The van der Waals surface area contributed by atoms with Crippen LogP contribution in [0, 0.1) is 5.92 Å². The Bertz CT molecular complexity index is 1350. The second-order valence-corrected chi connectivity index (χ2v) is 11.6. The number of aromatic nitrogens is 3. The van der Waals surface area contributed by atoms with Gasteiger partial charge in [0.15, 0.2) is 0 Å². The number of likely N-dealkylation sites (tertiary alicyclic amines) is 1. The Morgan fingerprint density at radius 3 is 2.61 bits per heavy atom. The van der Waals surface area contributed by atoms with Gasteiger partial charge in [0.2, 0.25) is 0 Å². The topological polar surface area (TPSA) is 69.5 Å². The minimum absolute atomic E-state index is 0.0528. The number of methoxy groups -OCH3 is 1. The van der Waals surface area contributed by atoms with Crippen LogP contribution in [0.25, 0.3) is 11.6 Å². The first-order chi connectivity index (χ1) is 18.2. The standard InChI is InChI=1S/C30H35ClN4O3/c1-30(2,3)38-29(36)35-13-10-19(11-14-35)26-22-9-8-21(31)16-23(22)24(15-20-7-6-12-33-27(20)26)28(37-5)25-17-32-18-34(25)4/h6-9,12,15-19,26,28H,10-11,13-14H2,1-5H3. The van der Waals surface area contributed by atoms with Gasteiger partial charge in [-0.15, -0.1) is 0 Å². The van der Waals surface area contributed by atoms with Gasteiger partial charge in [0.25, 0.3) is 0 Å². The minimum atomic E-state index is -0.510. The van der Waals surface area contributed by atoms with Crippen molar-refractivity contribution in [2.24, 2.45) is 13.0 Å². The van der Waals surface area contributed by atoms with E-state index in [0.29, 0.717) is 24.0 Å². The lowest BCUT2D eigenvalue weighted by Gasteiger charge is -2.37. The van der Waals surface area contributed by atoms with Gasteiger partial charge in [0, 0.05) is 44.4 Å². The zero-order chi connectivity index (χ0) is 27.0. The highest BCUT2D eigenvalue weighted by atomic mass is 35.5. The lowest BCUT2D eigenvalue weighted by atomic mass is 9.76. The highest BCUT2D eigenvalue weighted by Gasteiger charge is 2.37. The SMILES string of the molecule is COC(C1=Cc2cccnc2C(C2CCN(C(=O)OC(C)(C)C)CC2)c2ccc(Cl)cc21)c1cncn1C. The largest absolute Gasteiger partial charge is 0.444 e. The fourth-order valence-electron chi connectivity index (χ4n) is 5.72. The quantitative estimate of drug-likeness (QED) is 0.382. The molecule has 0 N–H and O–H groups in total. The van der Waals surface area contributed by atoms with Crippen molar-refractivity contribution in [1.82, 2.24) is 19.4 Å². The van der Waals surface area contributed by atoms with E-state index in [4.69, 9.17) is 26.1 Å². The summed E-state index contributed by atoms with van der Waals surface area (Å²) in [7, 11) is 3.70. The molecule has 2 unspecified atom stereocenters. The fraction of sp³-hybridized carbons (Fsp3) is 0.433. The first-order valence-electron chi connectivity index (χ1n) is 13.1. The van der Waals surface area contributed by atoms with E-state index in [-0.39, 0.29) is 18.1 Å². The van der Waals surface area contributed by atoms with E-state index in [2.05, 4.69) is 23.2 Å². The maximum Gasteiger partial charge on any atom is 0.410 e. The summed E-state index contributed by atoms with van der Waals surface area (Å²) in [5.41, 5.74) is 5.82. The number of pyridine rings is 1. The highest BCUT2D eigenvalue weighted by Crippen LogP contribution is 2.48. The first kappa shape index (κ1) is 26.4. The van der Waals surface area contributed by atoms with E-state index in [9.17, 15) is 4.79 Å². The molecule has 2 atom stereocenters. The molecule has 0 bridgehead atoms. The van der Waals surface area contributed by atoms with Crippen molar-refractivity contribution in [2.45, 2.75) is 51.2 Å². The van der Waals surface area contributed by atoms with Gasteiger partial charge >= 0.3 is 6.09 Å². The van der Waals surface area contributed by atoms with Crippen LogP contribution in [0.1, 0.15) is 73.7 Å². The number of amides is 1. The first-order valence-corrected chi connectivity index (χ1v) is 13.5. The van der Waals surface area contributed by atoms with E-state index in [1.807, 2.05) is 67.9 Å². The molecule has 38 heavy (non-hydrogen) atoms. The number of ether oxygens (including phenoxy) is 2. The third-order valence-electron chi connectivity index (χ3n) is 7.44. The molecule has 1 aliphatic carbocycles. The van der Waals surface area contributed by atoms with Gasteiger partial charge in [-0.3, -0.25) is 4.98 Å². The number of nitrogens with zero attached hydrogens (tertiary/aromatic N) is 4. The maximum absolute atomic E-state index is 12.7. The van der Waals surface area contributed by atoms with Gasteiger partial charge < -0.3 is 18.9 Å². The number of aryl methyl sites for hydroxylation is 1. The number of benzene rings is 1. The van der Waals surface area contributed by atoms with Crippen molar-refractivity contribution >= 4 is 29.3 Å². The molecule has 1 aromatic carbocycles. The molecule has 0 spiro atoms. The Morgan fingerprint density at radius 1 is 1.18 bits per heavy atom. The molecule has 5 rings (SSSR count). The number of piperidine rings is 1. The summed E-state index contributed by atoms with van der Waals surface area (Å²) in [6, 6.07) is 10.2. The predicted molar refractivity (Wildman–Crippen MR) is 149 cm³/mol. The van der Waals surface area contributed by atoms with Crippen molar-refractivity contribution in [3.63, 3.8) is 0 Å². The maximum atomic E-state index is 12.7. The lowest BCUT2D eigenvalue weighted by molar-refractivity contribution is 0.0178. The van der Waals surface area contributed by atoms with E-state index < -0.39 is 5.60 Å². The minimum Gasteiger partial charge on any atom is -0.444 e. The third-order valence-corrected chi connectivity index (χ3v) is 7.68. The molecule has 2 aliphatic rings. The van der Waals surface area contributed by atoms with Crippen LogP contribution in [0.4, 0.5) is 4.79 Å². The monoisotopic (exact) mass is 534 g/mol. The average Bonchev–Trinajstić information content (AvgIpc) is 3.24. The normalized spacial score (nSPS) is 18.7. The lowest BCUT2D eigenvalue weighted by Crippen LogP contribution is -2.42. The number of hydrogen-bond donors (Lipinski definition) is 0. The van der Waals surface area contributed by atoms with Gasteiger partial charge in [-0.25, -0.2) is 9.78 Å². The molecule has 1 aliphatic heterocycles. The smallest absolute Gasteiger partial charge is 0.410 e. The fourth-order valence-corrected chi connectivity index (χ4v) is 5.89. The van der Waals surface area contributed by atoms with Crippen LogP contribution >= 0.6 is 11.6 Å². The number of carbonyl (C=O) groups is 1. The molecule has 1 amide bonds. The summed E-state index contributed by atoms with van der Waals surface area (Å²) < 4.78 is 13.7. The van der Waals surface area contributed by atoms with Gasteiger partial charge in [-0.05, 0) is 86.1 Å². The Hall–Kier alpha value is -3.16.